The fourth-order valence-corrected chi connectivity index (χ4v) is 6.08. The molecular formula is C30H35N9. The first-order valence-electron chi connectivity index (χ1n) is 14.1. The van der Waals surface area contributed by atoms with E-state index in [0.717, 1.165) is 95.5 Å². The van der Waals surface area contributed by atoms with E-state index >= 15 is 0 Å². The van der Waals surface area contributed by atoms with Crippen molar-refractivity contribution in [2.75, 3.05) is 44.7 Å². The van der Waals surface area contributed by atoms with Gasteiger partial charge in [0.2, 0.25) is 0 Å². The number of fused-ring (bicyclic) bond motifs is 2. The van der Waals surface area contributed by atoms with E-state index in [1.807, 2.05) is 30.9 Å². The average molecular weight is 522 g/mol. The molecule has 5 aromatic heterocycles. The maximum atomic E-state index is 4.76. The molecule has 0 amide bonds. The minimum Gasteiger partial charge on any atom is -0.353 e. The maximum Gasteiger partial charge on any atom is 0.138 e. The Kier molecular flexibility index (Phi) is 6.46. The van der Waals surface area contributed by atoms with Gasteiger partial charge in [0, 0.05) is 67.7 Å². The molecule has 1 aliphatic heterocycles. The lowest BCUT2D eigenvalue weighted by Gasteiger charge is -2.33. The third-order valence-electron chi connectivity index (χ3n) is 8.36. The lowest BCUT2D eigenvalue weighted by Crippen LogP contribution is -2.44. The largest absolute Gasteiger partial charge is 0.353 e. The van der Waals surface area contributed by atoms with Crippen LogP contribution in [0, 0.1) is 5.92 Å². The third-order valence-corrected chi connectivity index (χ3v) is 8.36. The number of piperazine rings is 1. The number of likely N-dealkylation sites (N-methyl/N-ethyl adjacent to an activating group) is 1. The van der Waals surface area contributed by atoms with Crippen molar-refractivity contribution in [2.45, 2.75) is 32.2 Å². The zero-order valence-corrected chi connectivity index (χ0v) is 22.5. The molecule has 9 nitrogen and oxygen atoms in total. The van der Waals surface area contributed by atoms with Crippen LogP contribution in [0.1, 0.15) is 31.2 Å². The van der Waals surface area contributed by atoms with Gasteiger partial charge in [0.15, 0.2) is 0 Å². The van der Waals surface area contributed by atoms with Crippen LogP contribution >= 0.6 is 0 Å². The molecule has 0 bridgehead atoms. The number of nitrogens with zero attached hydrogens (tertiary/aromatic N) is 6. The van der Waals surface area contributed by atoms with Crippen molar-refractivity contribution in [2.24, 2.45) is 5.92 Å². The minimum absolute atomic E-state index is 0.822. The molecule has 0 aromatic carbocycles. The Morgan fingerprint density at radius 1 is 0.949 bits per heavy atom. The molecule has 7 rings (SSSR count). The highest BCUT2D eigenvalue weighted by molar-refractivity contribution is 5.99. The molecule has 6 heterocycles. The number of anilines is 1. The van der Waals surface area contributed by atoms with Crippen molar-refractivity contribution in [1.29, 1.82) is 0 Å². The van der Waals surface area contributed by atoms with Gasteiger partial charge in [-0.15, -0.1) is 0 Å². The van der Waals surface area contributed by atoms with Crippen LogP contribution in [0.4, 0.5) is 5.82 Å². The predicted octanol–water partition coefficient (Wildman–Crippen LogP) is 4.59. The van der Waals surface area contributed by atoms with Crippen LogP contribution in [-0.4, -0.2) is 74.8 Å². The Hall–Kier alpha value is -3.82. The third kappa shape index (κ3) is 4.88. The summed E-state index contributed by atoms with van der Waals surface area (Å²) in [7, 11) is 2.17. The van der Waals surface area contributed by atoms with E-state index in [1.54, 1.807) is 0 Å². The molecule has 2 aliphatic rings. The summed E-state index contributed by atoms with van der Waals surface area (Å²) in [5.74, 6) is 1.86. The normalized spacial score (nSPS) is 17.1. The van der Waals surface area contributed by atoms with E-state index < -0.39 is 0 Å². The number of aromatic amines is 2. The van der Waals surface area contributed by atoms with Gasteiger partial charge < -0.3 is 20.1 Å². The van der Waals surface area contributed by atoms with Crippen molar-refractivity contribution in [3.63, 3.8) is 0 Å². The predicted molar refractivity (Wildman–Crippen MR) is 156 cm³/mol. The molecule has 39 heavy (non-hydrogen) atoms. The van der Waals surface area contributed by atoms with Crippen LogP contribution in [0.5, 0.6) is 0 Å². The second-order valence-electron chi connectivity index (χ2n) is 11.1. The first kappa shape index (κ1) is 24.2. The van der Waals surface area contributed by atoms with Crippen molar-refractivity contribution in [3.8, 4) is 22.6 Å². The molecule has 1 aliphatic carbocycles. The van der Waals surface area contributed by atoms with E-state index in [2.05, 4.69) is 60.5 Å². The van der Waals surface area contributed by atoms with Gasteiger partial charge in [0.05, 0.1) is 28.6 Å². The van der Waals surface area contributed by atoms with Gasteiger partial charge >= 0.3 is 0 Å². The van der Waals surface area contributed by atoms with Gasteiger partial charge in [0.1, 0.15) is 11.5 Å². The highest BCUT2D eigenvalue weighted by atomic mass is 15.3. The molecule has 5 aromatic rings. The van der Waals surface area contributed by atoms with Crippen molar-refractivity contribution < 1.29 is 0 Å². The number of rotatable bonds is 7. The van der Waals surface area contributed by atoms with Gasteiger partial charge in [-0.1, -0.05) is 12.8 Å². The Labute approximate surface area is 228 Å². The number of hydrogen-bond donors (Lipinski definition) is 3. The van der Waals surface area contributed by atoms with Crippen LogP contribution in [0.2, 0.25) is 0 Å². The molecule has 0 spiro atoms. The smallest absolute Gasteiger partial charge is 0.138 e. The van der Waals surface area contributed by atoms with E-state index in [1.165, 1.54) is 31.2 Å². The van der Waals surface area contributed by atoms with Gasteiger partial charge in [-0.2, -0.15) is 5.10 Å². The van der Waals surface area contributed by atoms with Crippen LogP contribution in [-0.2, 0) is 6.54 Å². The fourth-order valence-electron chi connectivity index (χ4n) is 6.08. The van der Waals surface area contributed by atoms with Crippen LogP contribution in [0.15, 0.2) is 49.1 Å². The number of pyridine rings is 3. The summed E-state index contributed by atoms with van der Waals surface area (Å²) in [6, 6.07) is 8.54. The van der Waals surface area contributed by atoms with E-state index in [0.29, 0.717) is 0 Å². The average Bonchev–Trinajstić information content (AvgIpc) is 3.73. The van der Waals surface area contributed by atoms with Gasteiger partial charge in [-0.05, 0) is 62.2 Å². The molecule has 2 fully saturated rings. The molecule has 0 atom stereocenters. The Morgan fingerprint density at radius 3 is 2.69 bits per heavy atom. The zero-order valence-electron chi connectivity index (χ0n) is 22.5. The minimum atomic E-state index is 0.822. The van der Waals surface area contributed by atoms with E-state index in [4.69, 9.17) is 9.97 Å². The molecule has 1 saturated heterocycles. The Bertz CT molecular complexity index is 1590. The summed E-state index contributed by atoms with van der Waals surface area (Å²) in [5.41, 5.74) is 6.93. The summed E-state index contributed by atoms with van der Waals surface area (Å²) >= 11 is 0. The van der Waals surface area contributed by atoms with Crippen LogP contribution in [0.25, 0.3) is 44.5 Å². The topological polar surface area (TPSA) is 102 Å². The van der Waals surface area contributed by atoms with Gasteiger partial charge in [0.25, 0.3) is 0 Å². The lowest BCUT2D eigenvalue weighted by molar-refractivity contribution is 0.312. The van der Waals surface area contributed by atoms with Crippen molar-refractivity contribution >= 4 is 27.6 Å². The highest BCUT2D eigenvalue weighted by Crippen LogP contribution is 2.33. The van der Waals surface area contributed by atoms with Gasteiger partial charge in [-0.3, -0.25) is 15.1 Å². The second kappa shape index (κ2) is 10.4. The molecule has 1 saturated carbocycles. The highest BCUT2D eigenvalue weighted by Gasteiger charge is 2.20. The first-order valence-corrected chi connectivity index (χ1v) is 14.1. The zero-order chi connectivity index (χ0) is 26.2. The lowest BCUT2D eigenvalue weighted by atomic mass is 10.1. The number of aromatic nitrogens is 6. The fraction of sp³-hybridized carbons (Fsp3) is 0.400. The van der Waals surface area contributed by atoms with E-state index in [-0.39, 0.29) is 0 Å². The summed E-state index contributed by atoms with van der Waals surface area (Å²) in [6.07, 6.45) is 13.1. The Balaban J connectivity index is 1.17. The maximum absolute atomic E-state index is 4.76. The summed E-state index contributed by atoms with van der Waals surface area (Å²) in [6.45, 7) is 5.96. The van der Waals surface area contributed by atoms with Crippen LogP contribution < -0.4 is 10.2 Å². The SMILES string of the molecule is CN1CCN(c2nccc3[nH]c(-c4n[nH]c5cnc(-c6cncc(CNCC7CCCC7)c6)cc45)cc23)CC1. The van der Waals surface area contributed by atoms with Crippen molar-refractivity contribution in [1.82, 2.24) is 40.3 Å². The molecular weight excluding hydrogens is 486 g/mol. The molecule has 9 heteroatoms. The summed E-state index contributed by atoms with van der Waals surface area (Å²) < 4.78 is 0. The number of hydrogen-bond acceptors (Lipinski definition) is 7. The molecule has 200 valence electrons. The summed E-state index contributed by atoms with van der Waals surface area (Å²) in [5, 5.41) is 13.6. The first-order chi connectivity index (χ1) is 19.2. The molecule has 0 unspecified atom stereocenters. The Morgan fingerprint density at radius 2 is 1.82 bits per heavy atom. The quantitative estimate of drug-likeness (QED) is 0.288. The molecule has 3 N–H and O–H groups in total. The van der Waals surface area contributed by atoms with Gasteiger partial charge in [-0.25, -0.2) is 4.98 Å². The second-order valence-corrected chi connectivity index (χ2v) is 11.1. The molecule has 0 radical (unpaired) electrons. The standard InChI is InChI=1S/C30H35N9/c1-38-8-10-39(11-9-38)30-24-14-27(35-25(24)6-7-33-30)29-23-13-26(34-19-28(23)36-37-29)22-12-21(17-32-18-22)16-31-15-20-4-2-3-5-20/h6-7,12-14,17-20,31,35H,2-5,8-11,15-16H2,1H3,(H,36,37). The summed E-state index contributed by atoms with van der Waals surface area (Å²) in [4.78, 5) is 22.3. The number of H-pyrrole nitrogens is 2. The van der Waals surface area contributed by atoms with Crippen molar-refractivity contribution in [3.05, 3.63) is 54.6 Å². The van der Waals surface area contributed by atoms with E-state index in [9.17, 15) is 0 Å². The monoisotopic (exact) mass is 521 g/mol. The van der Waals surface area contributed by atoms with Crippen LogP contribution in [0.3, 0.4) is 0 Å². The number of nitrogens with one attached hydrogen (secondary N) is 3.